The number of benzene rings is 5. The van der Waals surface area contributed by atoms with Crippen LogP contribution in [0.5, 0.6) is 0 Å². The van der Waals surface area contributed by atoms with Crippen LogP contribution in [-0.2, 0) is 0 Å². The zero-order chi connectivity index (χ0) is 33.9. The predicted octanol–water partition coefficient (Wildman–Crippen LogP) is 9.75. The minimum absolute atomic E-state index is 0.144. The van der Waals surface area contributed by atoms with Gasteiger partial charge in [-0.15, -0.1) is 0 Å². The Hall–Kier alpha value is -6.53. The van der Waals surface area contributed by atoms with Crippen molar-refractivity contribution in [2.45, 2.75) is 18.1 Å². The van der Waals surface area contributed by atoms with Gasteiger partial charge in [0.15, 0.2) is 5.84 Å². The van der Waals surface area contributed by atoms with Gasteiger partial charge >= 0.3 is 0 Å². The van der Waals surface area contributed by atoms with E-state index in [2.05, 4.69) is 161 Å². The highest BCUT2D eigenvalue weighted by molar-refractivity contribution is 6.15. The molecular formula is C45H34N6. The number of pyridine rings is 1. The highest BCUT2D eigenvalue weighted by atomic mass is 15.3. The molecule has 51 heavy (non-hydrogen) atoms. The lowest BCUT2D eigenvalue weighted by Gasteiger charge is -2.34. The first-order valence-corrected chi connectivity index (χ1v) is 17.5. The van der Waals surface area contributed by atoms with E-state index < -0.39 is 0 Å². The number of allylic oxidation sites excluding steroid dienone is 2. The molecule has 2 aliphatic heterocycles. The van der Waals surface area contributed by atoms with Crippen LogP contribution in [0.1, 0.15) is 34.3 Å². The quantitative estimate of drug-likeness (QED) is 0.185. The first-order valence-electron chi connectivity index (χ1n) is 17.5. The average Bonchev–Trinajstić information content (AvgIpc) is 3.72. The summed E-state index contributed by atoms with van der Waals surface area (Å²) in [6.07, 6.45) is 10.7. The van der Waals surface area contributed by atoms with E-state index in [4.69, 9.17) is 15.0 Å². The van der Waals surface area contributed by atoms with Crippen molar-refractivity contribution in [2.24, 2.45) is 9.98 Å². The third-order valence-electron chi connectivity index (χ3n) is 10.4. The van der Waals surface area contributed by atoms with E-state index >= 15 is 0 Å². The van der Waals surface area contributed by atoms with Gasteiger partial charge in [-0.2, -0.15) is 0 Å². The van der Waals surface area contributed by atoms with Gasteiger partial charge in [-0.05, 0) is 35.4 Å². The van der Waals surface area contributed by atoms with Crippen molar-refractivity contribution < 1.29 is 0 Å². The van der Waals surface area contributed by atoms with E-state index in [9.17, 15) is 0 Å². The van der Waals surface area contributed by atoms with Crippen LogP contribution in [0.25, 0.3) is 27.6 Å². The maximum atomic E-state index is 5.41. The molecule has 1 aliphatic carbocycles. The normalized spacial score (nSPS) is 19.3. The summed E-state index contributed by atoms with van der Waals surface area (Å²) in [5, 5.41) is 2.38. The van der Waals surface area contributed by atoms with Crippen LogP contribution >= 0.6 is 0 Å². The third-order valence-corrected chi connectivity index (χ3v) is 10.4. The van der Waals surface area contributed by atoms with E-state index in [0.717, 1.165) is 45.1 Å². The number of aromatic nitrogens is 2. The van der Waals surface area contributed by atoms with Gasteiger partial charge in [0.2, 0.25) is 0 Å². The van der Waals surface area contributed by atoms with E-state index in [0.29, 0.717) is 5.84 Å². The standard InChI is InChI=1S/C45H34N6/c1-49-43(31-18-6-3-7-19-31)47-42(30-16-4-2-5-17-30)48-45(49)37-28-32(50-38-24-12-8-20-33(38)34-21-9-13-25-39(34)50)29-46-44(37)51-40-26-14-10-22-35(40)36-23-11-15-27-41(36)51/h2-29,33,38,43H,1H3. The Labute approximate surface area is 296 Å². The summed E-state index contributed by atoms with van der Waals surface area (Å²) in [5.74, 6) is 2.60. The molecule has 3 unspecified atom stereocenters. The molecule has 0 amide bonds. The molecule has 0 radical (unpaired) electrons. The molecule has 3 aliphatic rings. The Morgan fingerprint density at radius 3 is 2.06 bits per heavy atom. The SMILES string of the molecule is CN1C(c2cc(N3c4ccccc4C4C=CC=CC43)cnc2-n2c3ccccc3c3ccccc32)=NC(c2ccccc2)=NC1c1ccccc1. The molecule has 0 spiro atoms. The maximum Gasteiger partial charge on any atom is 0.159 e. The Balaban J connectivity index is 1.25. The zero-order valence-corrected chi connectivity index (χ0v) is 28.1. The van der Waals surface area contributed by atoms with Crippen LogP contribution in [0, 0.1) is 0 Å². The van der Waals surface area contributed by atoms with Crippen molar-refractivity contribution in [1.82, 2.24) is 14.5 Å². The van der Waals surface area contributed by atoms with Gasteiger partial charge in [-0.25, -0.2) is 15.0 Å². The monoisotopic (exact) mass is 658 g/mol. The number of anilines is 2. The molecule has 4 heterocycles. The number of aliphatic imine (C=N–C) groups is 2. The van der Waals surface area contributed by atoms with Crippen molar-refractivity contribution in [3.8, 4) is 5.82 Å². The highest BCUT2D eigenvalue weighted by Crippen LogP contribution is 2.48. The van der Waals surface area contributed by atoms with E-state index in [-0.39, 0.29) is 18.1 Å². The summed E-state index contributed by atoms with van der Waals surface area (Å²) >= 11 is 0. The van der Waals surface area contributed by atoms with Gasteiger partial charge in [0, 0.05) is 35.0 Å². The van der Waals surface area contributed by atoms with Gasteiger partial charge in [0.1, 0.15) is 17.8 Å². The van der Waals surface area contributed by atoms with Gasteiger partial charge < -0.3 is 9.80 Å². The smallest absolute Gasteiger partial charge is 0.159 e. The van der Waals surface area contributed by atoms with Crippen LogP contribution < -0.4 is 4.90 Å². The first kappa shape index (κ1) is 29.4. The Morgan fingerprint density at radius 2 is 1.29 bits per heavy atom. The van der Waals surface area contributed by atoms with Gasteiger partial charge in [-0.3, -0.25) is 4.57 Å². The van der Waals surface area contributed by atoms with Crippen molar-refractivity contribution in [3.05, 3.63) is 192 Å². The average molecular weight is 659 g/mol. The second-order valence-electron chi connectivity index (χ2n) is 13.3. The molecule has 244 valence electrons. The number of amidine groups is 2. The first-order chi connectivity index (χ1) is 25.2. The highest BCUT2D eigenvalue weighted by Gasteiger charge is 2.38. The Bertz CT molecular complexity index is 2530. The van der Waals surface area contributed by atoms with E-state index in [1.165, 1.54) is 22.0 Å². The van der Waals surface area contributed by atoms with Crippen molar-refractivity contribution in [3.63, 3.8) is 0 Å². The largest absolute Gasteiger partial charge is 0.333 e. The molecule has 6 heteroatoms. The fourth-order valence-corrected chi connectivity index (χ4v) is 8.09. The summed E-state index contributed by atoms with van der Waals surface area (Å²) in [6, 6.07) is 49.1. The summed E-state index contributed by atoms with van der Waals surface area (Å²) in [6.45, 7) is 0. The fraction of sp³-hybridized carbons (Fsp3) is 0.0889. The van der Waals surface area contributed by atoms with Gasteiger partial charge in [0.05, 0.1) is 34.5 Å². The number of rotatable bonds is 5. The van der Waals surface area contributed by atoms with Crippen LogP contribution in [0.4, 0.5) is 11.4 Å². The molecule has 6 nitrogen and oxygen atoms in total. The summed E-state index contributed by atoms with van der Waals surface area (Å²) in [5.41, 5.74) is 8.75. The molecule has 10 rings (SSSR count). The lowest BCUT2D eigenvalue weighted by atomic mass is 9.91. The number of nitrogens with zero attached hydrogens (tertiary/aromatic N) is 6. The molecular weight excluding hydrogens is 625 g/mol. The van der Waals surface area contributed by atoms with Crippen LogP contribution in [0.15, 0.2) is 180 Å². The molecule has 7 aromatic rings. The molecule has 0 fully saturated rings. The fourth-order valence-electron chi connectivity index (χ4n) is 8.09. The number of hydrogen-bond donors (Lipinski definition) is 0. The molecule has 0 saturated heterocycles. The van der Waals surface area contributed by atoms with Crippen molar-refractivity contribution in [1.29, 1.82) is 0 Å². The van der Waals surface area contributed by atoms with Gasteiger partial charge in [0.25, 0.3) is 0 Å². The minimum Gasteiger partial charge on any atom is -0.333 e. The Kier molecular flexibility index (Phi) is 6.81. The number of fused-ring (bicyclic) bond motifs is 6. The molecule has 2 aromatic heterocycles. The summed E-state index contributed by atoms with van der Waals surface area (Å²) < 4.78 is 2.30. The second kappa shape index (κ2) is 11.8. The number of para-hydroxylation sites is 3. The summed E-state index contributed by atoms with van der Waals surface area (Å²) in [4.78, 5) is 20.7. The molecule has 0 saturated carbocycles. The predicted molar refractivity (Wildman–Crippen MR) is 208 cm³/mol. The van der Waals surface area contributed by atoms with Crippen molar-refractivity contribution in [2.75, 3.05) is 11.9 Å². The van der Waals surface area contributed by atoms with E-state index in [1.54, 1.807) is 0 Å². The van der Waals surface area contributed by atoms with Crippen LogP contribution in [0.3, 0.4) is 0 Å². The summed E-state index contributed by atoms with van der Waals surface area (Å²) in [7, 11) is 2.10. The van der Waals surface area contributed by atoms with Crippen LogP contribution in [-0.4, -0.2) is 39.2 Å². The molecule has 3 atom stereocenters. The minimum atomic E-state index is -0.285. The topological polar surface area (TPSA) is 49.0 Å². The van der Waals surface area contributed by atoms with Gasteiger partial charge in [-0.1, -0.05) is 140 Å². The molecule has 5 aromatic carbocycles. The van der Waals surface area contributed by atoms with Crippen LogP contribution in [0.2, 0.25) is 0 Å². The Morgan fingerprint density at radius 1 is 0.647 bits per heavy atom. The lowest BCUT2D eigenvalue weighted by molar-refractivity contribution is 0.382. The molecule has 0 bridgehead atoms. The maximum absolute atomic E-state index is 5.41. The number of hydrogen-bond acceptors (Lipinski definition) is 5. The van der Waals surface area contributed by atoms with E-state index in [1.807, 2.05) is 30.5 Å². The lowest BCUT2D eigenvalue weighted by Crippen LogP contribution is -2.37. The second-order valence-corrected chi connectivity index (χ2v) is 13.3. The molecule has 0 N–H and O–H groups in total. The van der Waals surface area contributed by atoms with Crippen molar-refractivity contribution >= 4 is 44.9 Å². The zero-order valence-electron chi connectivity index (χ0n) is 28.1. The third kappa shape index (κ3) is 4.67.